The zero-order valence-corrected chi connectivity index (χ0v) is 12.4. The molecular formula is C14H18N2S2. The highest BCUT2D eigenvalue weighted by molar-refractivity contribution is 7.98. The highest BCUT2D eigenvalue weighted by atomic mass is 32.2. The number of hydrogen-bond acceptors (Lipinski definition) is 4. The lowest BCUT2D eigenvalue weighted by Gasteiger charge is -2.02. The summed E-state index contributed by atoms with van der Waals surface area (Å²) in [6.45, 7) is 6.13. The van der Waals surface area contributed by atoms with Crippen molar-refractivity contribution in [3.63, 3.8) is 0 Å². The average molecular weight is 278 g/mol. The molecule has 18 heavy (non-hydrogen) atoms. The summed E-state index contributed by atoms with van der Waals surface area (Å²) >= 11 is 3.62. The molecule has 4 heteroatoms. The number of nitrogens with one attached hydrogen (secondary N) is 1. The molecule has 0 bridgehead atoms. The minimum Gasteiger partial charge on any atom is -0.311 e. The van der Waals surface area contributed by atoms with Crippen molar-refractivity contribution in [2.45, 2.75) is 31.0 Å². The van der Waals surface area contributed by atoms with E-state index in [0.717, 1.165) is 24.5 Å². The minimum atomic E-state index is 0.877. The van der Waals surface area contributed by atoms with Gasteiger partial charge in [0.1, 0.15) is 5.01 Å². The molecule has 2 rings (SSSR count). The molecule has 0 amide bonds. The first-order valence-corrected chi connectivity index (χ1v) is 7.98. The molecule has 0 radical (unpaired) electrons. The molecule has 1 N–H and O–H groups in total. The Hall–Kier alpha value is -0.840. The van der Waals surface area contributed by atoms with Crippen molar-refractivity contribution in [2.75, 3.05) is 6.54 Å². The number of benzene rings is 1. The second-order valence-electron chi connectivity index (χ2n) is 4.07. The summed E-state index contributed by atoms with van der Waals surface area (Å²) < 4.78 is 0. The van der Waals surface area contributed by atoms with Gasteiger partial charge in [-0.25, -0.2) is 4.98 Å². The summed E-state index contributed by atoms with van der Waals surface area (Å²) in [5.41, 5.74) is 2.49. The Morgan fingerprint density at radius 2 is 2.17 bits per heavy atom. The van der Waals surface area contributed by atoms with E-state index in [0.29, 0.717) is 0 Å². The summed E-state index contributed by atoms with van der Waals surface area (Å²) in [6.07, 6.45) is 0. The van der Waals surface area contributed by atoms with Gasteiger partial charge in [-0.05, 0) is 25.1 Å². The molecule has 2 nitrogen and oxygen atoms in total. The lowest BCUT2D eigenvalue weighted by molar-refractivity contribution is 0.713. The van der Waals surface area contributed by atoms with Gasteiger partial charge in [0.05, 0.1) is 11.4 Å². The second kappa shape index (κ2) is 6.92. The molecule has 0 aliphatic carbocycles. The molecule has 2 aromatic rings. The van der Waals surface area contributed by atoms with Crippen LogP contribution in [0.4, 0.5) is 0 Å². The third kappa shape index (κ3) is 3.83. The van der Waals surface area contributed by atoms with E-state index in [4.69, 9.17) is 0 Å². The minimum absolute atomic E-state index is 0.877. The largest absolute Gasteiger partial charge is 0.311 e. The number of rotatable bonds is 6. The van der Waals surface area contributed by atoms with Crippen LogP contribution in [-0.2, 0) is 12.3 Å². The first kappa shape index (κ1) is 13.6. The predicted molar refractivity (Wildman–Crippen MR) is 80.2 cm³/mol. The van der Waals surface area contributed by atoms with Crippen LogP contribution >= 0.6 is 23.1 Å². The molecule has 96 valence electrons. The number of thioether (sulfide) groups is 1. The Morgan fingerprint density at radius 3 is 2.94 bits per heavy atom. The lowest BCUT2D eigenvalue weighted by atomic mass is 10.2. The Morgan fingerprint density at radius 1 is 1.33 bits per heavy atom. The van der Waals surface area contributed by atoms with E-state index in [9.17, 15) is 0 Å². The van der Waals surface area contributed by atoms with Crippen LogP contribution in [0.5, 0.6) is 0 Å². The number of hydrogen-bond donors (Lipinski definition) is 1. The monoisotopic (exact) mass is 278 g/mol. The molecule has 1 aromatic heterocycles. The predicted octanol–water partition coefficient (Wildman–Crippen LogP) is 3.85. The summed E-state index contributed by atoms with van der Waals surface area (Å²) in [6, 6.07) is 8.50. The maximum Gasteiger partial charge on any atom is 0.103 e. The Bertz CT molecular complexity index is 494. The fourth-order valence-corrected chi connectivity index (χ4v) is 3.45. The van der Waals surface area contributed by atoms with Gasteiger partial charge in [0.2, 0.25) is 0 Å². The molecule has 0 fully saturated rings. The molecule has 0 aliphatic rings. The van der Waals surface area contributed by atoms with Crippen LogP contribution in [-0.4, -0.2) is 11.5 Å². The van der Waals surface area contributed by atoms with E-state index in [1.54, 1.807) is 11.3 Å². The third-order valence-electron chi connectivity index (χ3n) is 2.60. The van der Waals surface area contributed by atoms with E-state index in [1.807, 2.05) is 11.8 Å². The first-order valence-electron chi connectivity index (χ1n) is 6.12. The topological polar surface area (TPSA) is 24.9 Å². The van der Waals surface area contributed by atoms with Gasteiger partial charge >= 0.3 is 0 Å². The van der Waals surface area contributed by atoms with Crippen LogP contribution in [0.25, 0.3) is 0 Å². The summed E-state index contributed by atoms with van der Waals surface area (Å²) in [5, 5.41) is 6.65. The van der Waals surface area contributed by atoms with Crippen molar-refractivity contribution in [1.29, 1.82) is 0 Å². The summed E-state index contributed by atoms with van der Waals surface area (Å²) in [4.78, 5) is 5.98. The van der Waals surface area contributed by atoms with Crippen molar-refractivity contribution < 1.29 is 0 Å². The van der Waals surface area contributed by atoms with E-state index >= 15 is 0 Å². The highest BCUT2D eigenvalue weighted by Gasteiger charge is 2.04. The molecule has 0 atom stereocenters. The van der Waals surface area contributed by atoms with Gasteiger partial charge in [0, 0.05) is 16.8 Å². The molecule has 0 unspecified atom stereocenters. The summed E-state index contributed by atoms with van der Waals surface area (Å²) in [7, 11) is 0. The van der Waals surface area contributed by atoms with Crippen molar-refractivity contribution in [1.82, 2.24) is 10.3 Å². The Kier molecular flexibility index (Phi) is 5.23. The maximum atomic E-state index is 4.63. The fraction of sp³-hybridized carbons (Fsp3) is 0.357. The van der Waals surface area contributed by atoms with Crippen molar-refractivity contribution in [2.24, 2.45) is 0 Å². The number of thiazole rings is 1. The van der Waals surface area contributed by atoms with E-state index < -0.39 is 0 Å². The van der Waals surface area contributed by atoms with Crippen LogP contribution in [0.1, 0.15) is 23.2 Å². The number of aryl methyl sites for hydroxylation is 1. The van der Waals surface area contributed by atoms with Crippen molar-refractivity contribution in [3.05, 3.63) is 45.9 Å². The molecule has 0 aliphatic heterocycles. The van der Waals surface area contributed by atoms with Gasteiger partial charge < -0.3 is 5.32 Å². The van der Waals surface area contributed by atoms with Gasteiger partial charge in [-0.1, -0.05) is 25.1 Å². The fourth-order valence-electron chi connectivity index (χ4n) is 1.61. The Labute approximate surface area is 117 Å². The van der Waals surface area contributed by atoms with Crippen molar-refractivity contribution in [3.8, 4) is 0 Å². The van der Waals surface area contributed by atoms with Crippen LogP contribution in [0.2, 0.25) is 0 Å². The standard InChI is InChI=1S/C14H18N2S2/c1-3-15-8-12-9-18-14(16-12)10-17-13-7-5-4-6-11(13)2/h4-7,9,15H,3,8,10H2,1-2H3. The second-order valence-corrected chi connectivity index (χ2v) is 6.03. The van der Waals surface area contributed by atoms with Crippen LogP contribution in [0.15, 0.2) is 34.5 Å². The highest BCUT2D eigenvalue weighted by Crippen LogP contribution is 2.26. The lowest BCUT2D eigenvalue weighted by Crippen LogP contribution is -2.11. The molecule has 0 saturated heterocycles. The van der Waals surface area contributed by atoms with Crippen LogP contribution in [0.3, 0.4) is 0 Å². The first-order chi connectivity index (χ1) is 8.79. The molecule has 0 spiro atoms. The number of nitrogens with zero attached hydrogens (tertiary/aromatic N) is 1. The quantitative estimate of drug-likeness (QED) is 0.812. The van der Waals surface area contributed by atoms with Gasteiger partial charge in [0.25, 0.3) is 0 Å². The average Bonchev–Trinajstić information content (AvgIpc) is 2.83. The van der Waals surface area contributed by atoms with Gasteiger partial charge in [-0.15, -0.1) is 23.1 Å². The van der Waals surface area contributed by atoms with Gasteiger partial charge in [0.15, 0.2) is 0 Å². The molecular weight excluding hydrogens is 260 g/mol. The maximum absolute atomic E-state index is 4.63. The van der Waals surface area contributed by atoms with Gasteiger partial charge in [-0.2, -0.15) is 0 Å². The molecule has 0 saturated carbocycles. The normalized spacial score (nSPS) is 10.8. The van der Waals surface area contributed by atoms with E-state index in [1.165, 1.54) is 15.5 Å². The molecule has 1 heterocycles. The van der Waals surface area contributed by atoms with Crippen LogP contribution in [0, 0.1) is 6.92 Å². The van der Waals surface area contributed by atoms with Gasteiger partial charge in [-0.3, -0.25) is 0 Å². The zero-order valence-electron chi connectivity index (χ0n) is 10.8. The van der Waals surface area contributed by atoms with E-state index in [2.05, 4.69) is 53.8 Å². The zero-order chi connectivity index (χ0) is 12.8. The van der Waals surface area contributed by atoms with Crippen LogP contribution < -0.4 is 5.32 Å². The third-order valence-corrected chi connectivity index (χ3v) is 4.87. The summed E-state index contributed by atoms with van der Waals surface area (Å²) in [5.74, 6) is 0.960. The molecule has 1 aromatic carbocycles. The SMILES string of the molecule is CCNCc1csc(CSc2ccccc2C)n1. The van der Waals surface area contributed by atoms with E-state index in [-0.39, 0.29) is 0 Å². The Balaban J connectivity index is 1.90. The number of aromatic nitrogens is 1. The van der Waals surface area contributed by atoms with Crippen molar-refractivity contribution >= 4 is 23.1 Å². The smallest absolute Gasteiger partial charge is 0.103 e.